The molecule has 1 saturated heterocycles. The van der Waals surface area contributed by atoms with E-state index < -0.39 is 0 Å². The number of hydrogen-bond acceptors (Lipinski definition) is 5. The molecule has 1 aliphatic heterocycles. The third-order valence-electron chi connectivity index (χ3n) is 4.82. The lowest BCUT2D eigenvalue weighted by atomic mass is 10.1. The number of methoxy groups -OCH3 is 1. The zero-order chi connectivity index (χ0) is 19.1. The molecule has 0 saturated carbocycles. The van der Waals surface area contributed by atoms with E-state index in [1.54, 1.807) is 19.2 Å². The number of likely N-dealkylation sites (N-methyl/N-ethyl adjacent to an activating group) is 2. The second-order valence-corrected chi connectivity index (χ2v) is 6.93. The Balaban J connectivity index is 2.18. The number of nitrogens with zero attached hydrogens (tertiary/aromatic N) is 2. The van der Waals surface area contributed by atoms with Crippen molar-refractivity contribution in [1.29, 1.82) is 0 Å². The first-order valence-corrected chi connectivity index (χ1v) is 9.77. The standard InChI is InChI=1S/C19H31ClN4O2/c1-5-21-17-11-18(26-4)15(10-16(17)20)19(25)22-14-12-23(6-2)8-9-24(7-3)13-14/h10-11,14,21H,5-9,12-13H2,1-4H3,(H,22,25). The predicted molar refractivity (Wildman–Crippen MR) is 108 cm³/mol. The Hall–Kier alpha value is -1.50. The van der Waals surface area contributed by atoms with E-state index >= 15 is 0 Å². The van der Waals surface area contributed by atoms with E-state index in [2.05, 4.69) is 34.3 Å². The summed E-state index contributed by atoms with van der Waals surface area (Å²) in [6.07, 6.45) is 0. The Morgan fingerprint density at radius 3 is 2.31 bits per heavy atom. The molecule has 2 rings (SSSR count). The molecule has 0 atom stereocenters. The van der Waals surface area contributed by atoms with Gasteiger partial charge in [-0.3, -0.25) is 4.79 Å². The van der Waals surface area contributed by atoms with E-state index in [4.69, 9.17) is 16.3 Å². The molecule has 6 nitrogen and oxygen atoms in total. The van der Waals surface area contributed by atoms with Gasteiger partial charge in [-0.1, -0.05) is 25.4 Å². The molecule has 0 aromatic heterocycles. The van der Waals surface area contributed by atoms with Crippen LogP contribution in [0.15, 0.2) is 12.1 Å². The van der Waals surface area contributed by atoms with Crippen LogP contribution < -0.4 is 15.4 Å². The van der Waals surface area contributed by atoms with Gasteiger partial charge in [-0.25, -0.2) is 0 Å². The highest BCUT2D eigenvalue weighted by Crippen LogP contribution is 2.31. The number of halogens is 1. The van der Waals surface area contributed by atoms with Crippen LogP contribution >= 0.6 is 11.6 Å². The van der Waals surface area contributed by atoms with Crippen LogP contribution in [-0.2, 0) is 0 Å². The summed E-state index contributed by atoms with van der Waals surface area (Å²) >= 11 is 6.33. The molecule has 1 aliphatic rings. The summed E-state index contributed by atoms with van der Waals surface area (Å²) in [6, 6.07) is 3.53. The van der Waals surface area contributed by atoms with Gasteiger partial charge in [0, 0.05) is 38.8 Å². The average molecular weight is 383 g/mol. The van der Waals surface area contributed by atoms with Crippen LogP contribution in [-0.4, -0.2) is 74.7 Å². The molecule has 1 fully saturated rings. The predicted octanol–water partition coefficient (Wildman–Crippen LogP) is 2.54. The molecule has 1 aromatic rings. The number of anilines is 1. The van der Waals surface area contributed by atoms with Crippen molar-refractivity contribution in [3.63, 3.8) is 0 Å². The minimum atomic E-state index is -0.147. The third-order valence-corrected chi connectivity index (χ3v) is 5.13. The molecular weight excluding hydrogens is 352 g/mol. The maximum absolute atomic E-state index is 12.9. The number of nitrogens with one attached hydrogen (secondary N) is 2. The minimum absolute atomic E-state index is 0.0711. The van der Waals surface area contributed by atoms with Crippen molar-refractivity contribution in [2.24, 2.45) is 0 Å². The van der Waals surface area contributed by atoms with Gasteiger partial charge in [0.1, 0.15) is 5.75 Å². The van der Waals surface area contributed by atoms with E-state index in [0.29, 0.717) is 16.3 Å². The van der Waals surface area contributed by atoms with E-state index in [-0.39, 0.29) is 11.9 Å². The summed E-state index contributed by atoms with van der Waals surface area (Å²) < 4.78 is 5.43. The first-order chi connectivity index (χ1) is 12.5. The fourth-order valence-corrected chi connectivity index (χ4v) is 3.53. The second-order valence-electron chi connectivity index (χ2n) is 6.52. The molecule has 0 bridgehead atoms. The maximum atomic E-state index is 12.9. The Morgan fingerprint density at radius 2 is 1.81 bits per heavy atom. The minimum Gasteiger partial charge on any atom is -0.496 e. The van der Waals surface area contributed by atoms with Crippen molar-refractivity contribution in [1.82, 2.24) is 15.1 Å². The lowest BCUT2D eigenvalue weighted by Crippen LogP contribution is -2.46. The largest absolute Gasteiger partial charge is 0.496 e. The molecule has 0 unspecified atom stereocenters. The van der Waals surface area contributed by atoms with Gasteiger partial charge in [-0.05, 0) is 26.1 Å². The van der Waals surface area contributed by atoms with Crippen molar-refractivity contribution in [3.05, 3.63) is 22.7 Å². The zero-order valence-corrected chi connectivity index (χ0v) is 17.0. The number of hydrogen-bond donors (Lipinski definition) is 2. The Kier molecular flexibility index (Phi) is 8.00. The average Bonchev–Trinajstić information content (AvgIpc) is 2.84. The van der Waals surface area contributed by atoms with Crippen LogP contribution in [0.5, 0.6) is 5.75 Å². The van der Waals surface area contributed by atoms with Gasteiger partial charge in [0.05, 0.1) is 29.4 Å². The van der Waals surface area contributed by atoms with Crippen molar-refractivity contribution in [3.8, 4) is 5.75 Å². The highest BCUT2D eigenvalue weighted by molar-refractivity contribution is 6.33. The van der Waals surface area contributed by atoms with Crippen molar-refractivity contribution in [2.45, 2.75) is 26.8 Å². The molecule has 7 heteroatoms. The smallest absolute Gasteiger partial charge is 0.255 e. The monoisotopic (exact) mass is 382 g/mol. The number of benzene rings is 1. The highest BCUT2D eigenvalue weighted by Gasteiger charge is 2.24. The van der Waals surface area contributed by atoms with E-state index in [1.165, 1.54) is 0 Å². The summed E-state index contributed by atoms with van der Waals surface area (Å²) in [5.41, 5.74) is 1.24. The molecule has 1 heterocycles. The number of rotatable bonds is 7. The SMILES string of the molecule is CCNc1cc(OC)c(C(=O)NC2CN(CC)CCN(CC)C2)cc1Cl. The van der Waals surface area contributed by atoms with Crippen LogP contribution in [0.4, 0.5) is 5.69 Å². The van der Waals surface area contributed by atoms with Crippen LogP contribution in [0.3, 0.4) is 0 Å². The molecule has 26 heavy (non-hydrogen) atoms. The molecule has 1 aromatic carbocycles. The van der Waals surface area contributed by atoms with E-state index in [9.17, 15) is 4.79 Å². The van der Waals surface area contributed by atoms with Gasteiger partial charge >= 0.3 is 0 Å². The first-order valence-electron chi connectivity index (χ1n) is 9.39. The first kappa shape index (κ1) is 20.8. The zero-order valence-electron chi connectivity index (χ0n) is 16.3. The van der Waals surface area contributed by atoms with Gasteiger partial charge < -0.3 is 25.2 Å². The normalized spacial score (nSPS) is 17.0. The number of carbonyl (C=O) groups is 1. The summed E-state index contributed by atoms with van der Waals surface area (Å²) in [7, 11) is 1.57. The van der Waals surface area contributed by atoms with Crippen LogP contribution in [0, 0.1) is 0 Å². The summed E-state index contributed by atoms with van der Waals surface area (Å²) in [6.45, 7) is 12.8. The number of amides is 1. The summed E-state index contributed by atoms with van der Waals surface area (Å²) in [5, 5.41) is 6.87. The molecule has 0 aliphatic carbocycles. The Labute approximate surface area is 161 Å². The van der Waals surface area contributed by atoms with Crippen molar-refractivity contribution in [2.75, 3.05) is 58.2 Å². The summed E-state index contributed by atoms with van der Waals surface area (Å²) in [4.78, 5) is 17.7. The number of ether oxygens (including phenoxy) is 1. The second kappa shape index (κ2) is 10.00. The fraction of sp³-hybridized carbons (Fsp3) is 0.632. The summed E-state index contributed by atoms with van der Waals surface area (Å²) in [5.74, 6) is 0.377. The van der Waals surface area contributed by atoms with E-state index in [0.717, 1.165) is 51.5 Å². The molecule has 1 amide bonds. The van der Waals surface area contributed by atoms with E-state index in [1.807, 2.05) is 6.92 Å². The van der Waals surface area contributed by atoms with Gasteiger partial charge in [0.15, 0.2) is 0 Å². The van der Waals surface area contributed by atoms with Gasteiger partial charge in [0.25, 0.3) is 5.91 Å². The van der Waals surface area contributed by atoms with Gasteiger partial charge in [-0.2, -0.15) is 0 Å². The lowest BCUT2D eigenvalue weighted by Gasteiger charge is -2.25. The lowest BCUT2D eigenvalue weighted by molar-refractivity contribution is 0.0920. The quantitative estimate of drug-likeness (QED) is 0.759. The van der Waals surface area contributed by atoms with Crippen LogP contribution in [0.25, 0.3) is 0 Å². The Morgan fingerprint density at radius 1 is 1.19 bits per heavy atom. The molecule has 0 spiro atoms. The van der Waals surface area contributed by atoms with Crippen LogP contribution in [0.1, 0.15) is 31.1 Å². The van der Waals surface area contributed by atoms with Gasteiger partial charge in [0.2, 0.25) is 0 Å². The maximum Gasteiger partial charge on any atom is 0.255 e. The Bertz CT molecular complexity index is 597. The molecule has 146 valence electrons. The topological polar surface area (TPSA) is 56.8 Å². The molecule has 2 N–H and O–H groups in total. The molecule has 0 radical (unpaired) electrons. The molecular formula is C19H31ClN4O2. The highest BCUT2D eigenvalue weighted by atomic mass is 35.5. The fourth-order valence-electron chi connectivity index (χ4n) is 3.30. The van der Waals surface area contributed by atoms with Crippen molar-refractivity contribution < 1.29 is 9.53 Å². The number of carbonyl (C=O) groups excluding carboxylic acids is 1. The van der Waals surface area contributed by atoms with Gasteiger partial charge in [-0.15, -0.1) is 0 Å². The third kappa shape index (κ3) is 5.25. The van der Waals surface area contributed by atoms with Crippen molar-refractivity contribution >= 4 is 23.2 Å². The van der Waals surface area contributed by atoms with Crippen LogP contribution in [0.2, 0.25) is 5.02 Å².